The van der Waals surface area contributed by atoms with Crippen LogP contribution in [0.3, 0.4) is 0 Å². The molecule has 21 heavy (non-hydrogen) atoms. The normalized spacial score (nSPS) is 10.8. The number of phenols is 1. The minimum atomic E-state index is 0.103. The number of hydrazone groups is 1. The summed E-state index contributed by atoms with van der Waals surface area (Å²) in [5.41, 5.74) is 4.37. The van der Waals surface area contributed by atoms with Crippen molar-refractivity contribution < 1.29 is 9.84 Å². The number of rotatable bonds is 5. The third-order valence-corrected chi connectivity index (χ3v) is 3.35. The molecule has 0 aliphatic rings. The molecule has 110 valence electrons. The number of nitrogens with one attached hydrogen (secondary N) is 1. The fourth-order valence-corrected chi connectivity index (χ4v) is 1.93. The van der Waals surface area contributed by atoms with E-state index in [-0.39, 0.29) is 5.75 Å². The molecule has 0 saturated carbocycles. The monoisotopic (exact) mass is 324 g/mol. The van der Waals surface area contributed by atoms with Gasteiger partial charge in [0, 0.05) is 0 Å². The number of aromatic hydroxyl groups is 1. The molecule has 0 heterocycles. The van der Waals surface area contributed by atoms with Crippen molar-refractivity contribution in [3.63, 3.8) is 0 Å². The van der Waals surface area contributed by atoms with E-state index in [0.29, 0.717) is 22.4 Å². The van der Waals surface area contributed by atoms with Gasteiger partial charge >= 0.3 is 0 Å². The number of anilines is 1. The molecule has 0 aliphatic heterocycles. The van der Waals surface area contributed by atoms with Crippen LogP contribution < -0.4 is 10.2 Å². The van der Waals surface area contributed by atoms with E-state index in [1.807, 2.05) is 6.92 Å². The average molecular weight is 325 g/mol. The van der Waals surface area contributed by atoms with Crippen molar-refractivity contribution in [2.24, 2.45) is 5.10 Å². The quantitative estimate of drug-likeness (QED) is 0.627. The van der Waals surface area contributed by atoms with E-state index in [4.69, 9.17) is 27.9 Å². The summed E-state index contributed by atoms with van der Waals surface area (Å²) >= 11 is 11.8. The Morgan fingerprint density at radius 1 is 1.19 bits per heavy atom. The highest BCUT2D eigenvalue weighted by Crippen LogP contribution is 2.26. The molecule has 0 bridgehead atoms. The van der Waals surface area contributed by atoms with Gasteiger partial charge in [0.05, 0.1) is 28.6 Å². The molecule has 0 atom stereocenters. The van der Waals surface area contributed by atoms with Gasteiger partial charge in [-0.15, -0.1) is 0 Å². The van der Waals surface area contributed by atoms with Gasteiger partial charge in [0.15, 0.2) is 11.5 Å². The molecular formula is C15H14Cl2N2O2. The summed E-state index contributed by atoms with van der Waals surface area (Å²) in [5.74, 6) is 0.530. The van der Waals surface area contributed by atoms with Crippen molar-refractivity contribution in [3.05, 3.63) is 52.0 Å². The van der Waals surface area contributed by atoms with Crippen LogP contribution in [0.1, 0.15) is 12.5 Å². The first kappa shape index (κ1) is 15.5. The molecule has 6 heteroatoms. The fraction of sp³-hybridized carbons (Fsp3) is 0.133. The summed E-state index contributed by atoms with van der Waals surface area (Å²) in [4.78, 5) is 0. The lowest BCUT2D eigenvalue weighted by atomic mass is 10.2. The van der Waals surface area contributed by atoms with Gasteiger partial charge in [-0.3, -0.25) is 5.43 Å². The summed E-state index contributed by atoms with van der Waals surface area (Å²) in [6, 6.07) is 10.1. The largest absolute Gasteiger partial charge is 0.504 e. The fourth-order valence-electron chi connectivity index (χ4n) is 1.63. The number of hydrogen-bond acceptors (Lipinski definition) is 4. The molecular weight excluding hydrogens is 311 g/mol. The first-order chi connectivity index (χ1) is 10.1. The molecule has 0 fully saturated rings. The number of hydrogen-bond donors (Lipinski definition) is 2. The summed E-state index contributed by atoms with van der Waals surface area (Å²) < 4.78 is 5.31. The summed E-state index contributed by atoms with van der Waals surface area (Å²) in [5, 5.41) is 14.7. The summed E-state index contributed by atoms with van der Waals surface area (Å²) in [6.45, 7) is 2.34. The molecule has 0 saturated heterocycles. The number of phenolic OH excluding ortho intramolecular Hbond substituents is 1. The second-order valence-electron chi connectivity index (χ2n) is 4.16. The van der Waals surface area contributed by atoms with Gasteiger partial charge in [0.2, 0.25) is 0 Å². The van der Waals surface area contributed by atoms with Gasteiger partial charge < -0.3 is 9.84 Å². The maximum atomic E-state index is 9.61. The van der Waals surface area contributed by atoms with Crippen molar-refractivity contribution in [1.82, 2.24) is 0 Å². The minimum Gasteiger partial charge on any atom is -0.504 e. The number of nitrogens with zero attached hydrogens (tertiary/aromatic N) is 1. The van der Waals surface area contributed by atoms with Gasteiger partial charge in [0.25, 0.3) is 0 Å². The van der Waals surface area contributed by atoms with E-state index in [0.717, 1.165) is 11.3 Å². The topological polar surface area (TPSA) is 53.8 Å². The third-order valence-electron chi connectivity index (χ3n) is 2.61. The lowest BCUT2D eigenvalue weighted by molar-refractivity contribution is 0.318. The zero-order valence-corrected chi connectivity index (χ0v) is 12.8. The lowest BCUT2D eigenvalue weighted by Crippen LogP contribution is -1.94. The predicted molar refractivity (Wildman–Crippen MR) is 87.0 cm³/mol. The van der Waals surface area contributed by atoms with E-state index < -0.39 is 0 Å². The van der Waals surface area contributed by atoms with Crippen LogP contribution in [0, 0.1) is 0 Å². The second kappa shape index (κ2) is 7.20. The minimum absolute atomic E-state index is 0.103. The van der Waals surface area contributed by atoms with Gasteiger partial charge in [0.1, 0.15) is 0 Å². The smallest absolute Gasteiger partial charge is 0.161 e. The molecule has 2 N–H and O–H groups in total. The van der Waals surface area contributed by atoms with Crippen LogP contribution in [0.4, 0.5) is 5.69 Å². The first-order valence-electron chi connectivity index (χ1n) is 6.30. The van der Waals surface area contributed by atoms with Crippen molar-refractivity contribution >= 4 is 35.1 Å². The maximum absolute atomic E-state index is 9.61. The van der Waals surface area contributed by atoms with Crippen LogP contribution >= 0.6 is 23.2 Å². The second-order valence-corrected chi connectivity index (χ2v) is 4.97. The standard InChI is InChI=1S/C15H14Cl2N2O2/c1-2-21-15-7-10(3-6-14(15)20)9-18-19-11-4-5-12(16)13(17)8-11/h3-9,19-20H,2H2,1H3/b18-9+. The first-order valence-corrected chi connectivity index (χ1v) is 7.05. The van der Waals surface area contributed by atoms with Crippen molar-refractivity contribution in [1.29, 1.82) is 0 Å². The maximum Gasteiger partial charge on any atom is 0.161 e. The average Bonchev–Trinajstić information content (AvgIpc) is 2.46. The molecule has 0 amide bonds. The van der Waals surface area contributed by atoms with Crippen LogP contribution in [-0.2, 0) is 0 Å². The Morgan fingerprint density at radius 2 is 2.00 bits per heavy atom. The molecule has 2 rings (SSSR count). The molecule has 0 unspecified atom stereocenters. The Morgan fingerprint density at radius 3 is 2.71 bits per heavy atom. The number of halogens is 2. The molecule has 2 aromatic carbocycles. The van der Waals surface area contributed by atoms with Gasteiger partial charge in [-0.25, -0.2) is 0 Å². The van der Waals surface area contributed by atoms with Crippen LogP contribution in [0.5, 0.6) is 11.5 Å². The Balaban J connectivity index is 2.07. The van der Waals surface area contributed by atoms with Crippen LogP contribution in [-0.4, -0.2) is 17.9 Å². The van der Waals surface area contributed by atoms with E-state index in [2.05, 4.69) is 10.5 Å². The number of ether oxygens (including phenoxy) is 1. The van der Waals surface area contributed by atoms with Gasteiger partial charge in [-0.2, -0.15) is 5.10 Å². The summed E-state index contributed by atoms with van der Waals surface area (Å²) in [7, 11) is 0. The van der Waals surface area contributed by atoms with Gasteiger partial charge in [-0.05, 0) is 48.9 Å². The Labute approximate surface area is 133 Å². The summed E-state index contributed by atoms with van der Waals surface area (Å²) in [6.07, 6.45) is 1.62. The molecule has 0 radical (unpaired) electrons. The SMILES string of the molecule is CCOc1cc(/C=N/Nc2ccc(Cl)c(Cl)c2)ccc1O. The highest BCUT2D eigenvalue weighted by Gasteiger charge is 2.02. The van der Waals surface area contributed by atoms with Gasteiger partial charge in [-0.1, -0.05) is 23.2 Å². The van der Waals surface area contributed by atoms with Crippen molar-refractivity contribution in [2.45, 2.75) is 6.92 Å². The predicted octanol–water partition coefficient (Wildman–Crippen LogP) is 4.54. The highest BCUT2D eigenvalue weighted by atomic mass is 35.5. The molecule has 0 spiro atoms. The van der Waals surface area contributed by atoms with Crippen molar-refractivity contribution in [3.8, 4) is 11.5 Å². The van der Waals surface area contributed by atoms with Crippen molar-refractivity contribution in [2.75, 3.05) is 12.0 Å². The molecule has 4 nitrogen and oxygen atoms in total. The number of benzene rings is 2. The van der Waals surface area contributed by atoms with E-state index in [1.165, 1.54) is 0 Å². The lowest BCUT2D eigenvalue weighted by Gasteiger charge is -2.06. The Kier molecular flexibility index (Phi) is 5.31. The van der Waals surface area contributed by atoms with E-state index >= 15 is 0 Å². The zero-order chi connectivity index (χ0) is 15.2. The molecule has 0 aromatic heterocycles. The Hall–Kier alpha value is -1.91. The van der Waals surface area contributed by atoms with Crippen LogP contribution in [0.15, 0.2) is 41.5 Å². The van der Waals surface area contributed by atoms with E-state index in [1.54, 1.807) is 42.6 Å². The third kappa shape index (κ3) is 4.28. The van der Waals surface area contributed by atoms with Crippen LogP contribution in [0.25, 0.3) is 0 Å². The zero-order valence-electron chi connectivity index (χ0n) is 11.3. The molecule has 0 aliphatic carbocycles. The van der Waals surface area contributed by atoms with Crippen LogP contribution in [0.2, 0.25) is 10.0 Å². The Bertz CT molecular complexity index is 660. The van der Waals surface area contributed by atoms with E-state index in [9.17, 15) is 5.11 Å². The molecule has 2 aromatic rings. The highest BCUT2D eigenvalue weighted by molar-refractivity contribution is 6.42.